The zero-order valence-electron chi connectivity index (χ0n) is 26.2. The van der Waals surface area contributed by atoms with Crippen LogP contribution >= 0.6 is 0 Å². The number of ether oxygens (including phenoxy) is 4. The van der Waals surface area contributed by atoms with Crippen LogP contribution in [0.3, 0.4) is 0 Å². The van der Waals surface area contributed by atoms with Crippen LogP contribution in [0.25, 0.3) is 0 Å². The van der Waals surface area contributed by atoms with Gasteiger partial charge in [0.15, 0.2) is 11.5 Å². The molecular formula is C30H50LiNO8. The first kappa shape index (κ1) is 38.1. The van der Waals surface area contributed by atoms with Gasteiger partial charge in [-0.2, -0.15) is 0 Å². The first-order chi connectivity index (χ1) is 18.2. The minimum atomic E-state index is -1.21. The van der Waals surface area contributed by atoms with E-state index in [0.29, 0.717) is 37.6 Å². The Bertz CT molecular complexity index is 887. The molecule has 40 heavy (non-hydrogen) atoms. The molecule has 9 nitrogen and oxygen atoms in total. The molecule has 0 saturated heterocycles. The van der Waals surface area contributed by atoms with Crippen LogP contribution in [-0.2, 0) is 20.7 Å². The van der Waals surface area contributed by atoms with Gasteiger partial charge in [0, 0.05) is 32.0 Å². The Balaban J connectivity index is 0.0000152. The maximum atomic E-state index is 12.7. The molecule has 1 rings (SSSR count). The molecule has 10 heteroatoms. The van der Waals surface area contributed by atoms with Crippen molar-refractivity contribution in [3.05, 3.63) is 23.8 Å². The number of carboxylic acids is 1. The van der Waals surface area contributed by atoms with E-state index in [4.69, 9.17) is 18.9 Å². The van der Waals surface area contributed by atoms with Crippen LogP contribution in [0.1, 0.15) is 73.3 Å². The normalized spacial score (nSPS) is 14.6. The van der Waals surface area contributed by atoms with Gasteiger partial charge in [-0.15, -0.1) is 0 Å². The number of carbonyl (C=O) groups excluding carboxylic acids is 2. The Morgan fingerprint density at radius 2 is 1.65 bits per heavy atom. The summed E-state index contributed by atoms with van der Waals surface area (Å²) in [5, 5.41) is 25.7. The van der Waals surface area contributed by atoms with Crippen LogP contribution in [-0.4, -0.2) is 62.3 Å². The maximum Gasteiger partial charge on any atom is 1.00 e. The molecule has 0 saturated carbocycles. The van der Waals surface area contributed by atoms with Crippen molar-refractivity contribution in [1.29, 1.82) is 0 Å². The van der Waals surface area contributed by atoms with E-state index in [1.807, 2.05) is 18.2 Å². The number of aliphatic carboxylic acids is 1. The molecule has 0 spiro atoms. The number of rotatable bonds is 17. The van der Waals surface area contributed by atoms with Crippen molar-refractivity contribution in [3.63, 3.8) is 0 Å². The van der Waals surface area contributed by atoms with Crippen molar-refractivity contribution < 1.29 is 57.6 Å². The van der Waals surface area contributed by atoms with Crippen LogP contribution in [0.5, 0.6) is 11.5 Å². The summed E-state index contributed by atoms with van der Waals surface area (Å²) in [4.78, 5) is 24.4. The average molecular weight is 560 g/mol. The van der Waals surface area contributed by atoms with Crippen molar-refractivity contribution in [2.45, 2.75) is 91.9 Å². The zero-order chi connectivity index (χ0) is 29.8. The van der Waals surface area contributed by atoms with Crippen molar-refractivity contribution >= 4 is 12.1 Å². The molecule has 0 radical (unpaired) electrons. The molecule has 0 aliphatic carbocycles. The van der Waals surface area contributed by atoms with Crippen molar-refractivity contribution in [2.75, 3.05) is 27.4 Å². The van der Waals surface area contributed by atoms with Crippen molar-refractivity contribution in [2.24, 2.45) is 23.7 Å². The van der Waals surface area contributed by atoms with Gasteiger partial charge in [0.1, 0.15) is 5.60 Å². The fourth-order valence-corrected chi connectivity index (χ4v) is 4.40. The molecule has 0 aromatic heterocycles. The molecule has 0 aliphatic heterocycles. The monoisotopic (exact) mass is 559 g/mol. The minimum absolute atomic E-state index is 0. The number of aliphatic hydroxyl groups is 1. The molecule has 4 atom stereocenters. The molecule has 0 aliphatic rings. The summed E-state index contributed by atoms with van der Waals surface area (Å²) in [6, 6.07) is 5.10. The average Bonchev–Trinajstić information content (AvgIpc) is 2.82. The minimum Gasteiger partial charge on any atom is -0.550 e. The fourth-order valence-electron chi connectivity index (χ4n) is 4.40. The standard InChI is InChI=1S/C30H51NO8.Li/c1-19(2)22(15-21-11-12-26(37-9)27(16-21)38-14-10-13-36-8)17-24(31-29(35)39-30(5,6)7)25(32)18-23(20(3)4)28(33)34;/h11-12,16,19-20,22-25,32H,10,13-15,17-18H2,1-9H3,(H,31,35)(H,33,34);/q;+1/p-1/t22-,23-,24-,25-;/m0./s1. The smallest absolute Gasteiger partial charge is 0.550 e. The first-order valence-corrected chi connectivity index (χ1v) is 13.9. The van der Waals surface area contributed by atoms with E-state index in [2.05, 4.69) is 19.2 Å². The Labute approximate surface area is 252 Å². The van der Waals surface area contributed by atoms with Gasteiger partial charge in [0.05, 0.1) is 25.9 Å². The van der Waals surface area contributed by atoms with Gasteiger partial charge < -0.3 is 39.3 Å². The third kappa shape index (κ3) is 14.1. The number of hydrogen-bond donors (Lipinski definition) is 2. The van der Waals surface area contributed by atoms with Crippen LogP contribution < -0.4 is 38.8 Å². The van der Waals surface area contributed by atoms with E-state index in [1.54, 1.807) is 48.8 Å². The molecule has 0 unspecified atom stereocenters. The SMILES string of the molecule is COCCCOc1cc(C[C@@H](C[C@H](NC(=O)OC(C)(C)C)[C@@H](O)C[C@H](C(=O)[O-])C(C)C)C(C)C)ccc1OC.[Li+]. The first-order valence-electron chi connectivity index (χ1n) is 13.9. The third-order valence-electron chi connectivity index (χ3n) is 6.75. The third-order valence-corrected chi connectivity index (χ3v) is 6.75. The Kier molecular flexibility index (Phi) is 17.6. The van der Waals surface area contributed by atoms with Gasteiger partial charge in [0.2, 0.25) is 0 Å². The molecule has 0 heterocycles. The predicted octanol–water partition coefficient (Wildman–Crippen LogP) is 0.986. The van der Waals surface area contributed by atoms with E-state index in [9.17, 15) is 19.8 Å². The molecule has 224 valence electrons. The second-order valence-corrected chi connectivity index (χ2v) is 11.8. The molecule has 1 amide bonds. The van der Waals surface area contributed by atoms with Crippen LogP contribution in [0.15, 0.2) is 18.2 Å². The Morgan fingerprint density at radius 1 is 1.00 bits per heavy atom. The van der Waals surface area contributed by atoms with E-state index < -0.39 is 35.7 Å². The molecule has 0 fully saturated rings. The number of carboxylic acid groups (broad SMARTS) is 1. The molecule has 1 aromatic rings. The predicted molar refractivity (Wildman–Crippen MR) is 149 cm³/mol. The van der Waals surface area contributed by atoms with Crippen LogP contribution in [0, 0.1) is 23.7 Å². The van der Waals surface area contributed by atoms with E-state index in [-0.39, 0.29) is 43.0 Å². The summed E-state index contributed by atoms with van der Waals surface area (Å²) in [5.41, 5.74) is 0.308. The largest absolute Gasteiger partial charge is 1.00 e. The topological polar surface area (TPSA) is 126 Å². The summed E-state index contributed by atoms with van der Waals surface area (Å²) in [7, 11) is 3.25. The van der Waals surface area contributed by atoms with Crippen LogP contribution in [0.4, 0.5) is 4.79 Å². The number of methoxy groups -OCH3 is 2. The molecule has 2 N–H and O–H groups in total. The molecular weight excluding hydrogens is 509 g/mol. The quantitative estimate of drug-likeness (QED) is 0.214. The summed E-state index contributed by atoms with van der Waals surface area (Å²) in [6.45, 7) is 14.1. The second kappa shape index (κ2) is 18.5. The van der Waals surface area contributed by atoms with Crippen molar-refractivity contribution in [3.8, 4) is 11.5 Å². The van der Waals surface area contributed by atoms with Gasteiger partial charge >= 0.3 is 25.0 Å². The van der Waals surface area contributed by atoms with E-state index in [1.165, 1.54) is 0 Å². The molecule has 1 aromatic carbocycles. The number of nitrogens with one attached hydrogen (secondary N) is 1. The number of hydrogen-bond acceptors (Lipinski definition) is 8. The summed E-state index contributed by atoms with van der Waals surface area (Å²) in [6.07, 6.45) is 0.0414. The summed E-state index contributed by atoms with van der Waals surface area (Å²) >= 11 is 0. The number of aliphatic hydroxyl groups excluding tert-OH is 1. The number of alkyl carbamates (subject to hydrolysis) is 1. The number of amides is 1. The van der Waals surface area contributed by atoms with Gasteiger partial charge in [0.25, 0.3) is 0 Å². The van der Waals surface area contributed by atoms with Gasteiger partial charge in [-0.3, -0.25) is 0 Å². The number of benzene rings is 1. The van der Waals surface area contributed by atoms with Gasteiger partial charge in [-0.25, -0.2) is 4.79 Å². The van der Waals surface area contributed by atoms with E-state index >= 15 is 0 Å². The zero-order valence-corrected chi connectivity index (χ0v) is 26.2. The van der Waals surface area contributed by atoms with Gasteiger partial charge in [-0.1, -0.05) is 33.8 Å². The maximum absolute atomic E-state index is 12.7. The molecule has 0 bridgehead atoms. The van der Waals surface area contributed by atoms with Gasteiger partial charge in [-0.05, 0) is 75.5 Å². The summed E-state index contributed by atoms with van der Waals surface area (Å²) in [5.74, 6) is -0.749. The Morgan fingerprint density at radius 3 is 2.15 bits per heavy atom. The summed E-state index contributed by atoms with van der Waals surface area (Å²) < 4.78 is 21.9. The second-order valence-electron chi connectivity index (χ2n) is 11.8. The van der Waals surface area contributed by atoms with E-state index in [0.717, 1.165) is 12.0 Å². The Hall–Kier alpha value is -1.92. The van der Waals surface area contributed by atoms with Crippen molar-refractivity contribution in [1.82, 2.24) is 5.32 Å². The number of carbonyl (C=O) groups is 2. The fraction of sp³-hybridized carbons (Fsp3) is 0.733. The van der Waals surface area contributed by atoms with Crippen LogP contribution in [0.2, 0.25) is 0 Å².